The number of nitrogens with one attached hydrogen (secondary N) is 2. The van der Waals surface area contributed by atoms with Gasteiger partial charge in [0.15, 0.2) is 0 Å². The first-order valence-electron chi connectivity index (χ1n) is 9.00. The van der Waals surface area contributed by atoms with E-state index in [9.17, 15) is 9.59 Å². The number of nitriles is 1. The summed E-state index contributed by atoms with van der Waals surface area (Å²) < 4.78 is 0. The fraction of sp³-hybridized carbons (Fsp3) is 0.0870. The first-order chi connectivity index (χ1) is 14.0. The standard InChI is InChI=1S/C23H18ClN3O2/c24-18-10-12-19(13-11-18)26-23(29)20-3-1-2-4-21(20)27-22(28)14-9-16-5-7-17(15-25)8-6-16/h1-8,10-13H,9,14H2,(H,26,29)(H,27,28). The summed E-state index contributed by atoms with van der Waals surface area (Å²) in [7, 11) is 0. The fourth-order valence-corrected chi connectivity index (χ4v) is 2.86. The summed E-state index contributed by atoms with van der Waals surface area (Å²) in [6.45, 7) is 0. The lowest BCUT2D eigenvalue weighted by Gasteiger charge is -2.12. The maximum Gasteiger partial charge on any atom is 0.257 e. The summed E-state index contributed by atoms with van der Waals surface area (Å²) in [4.78, 5) is 25.0. The van der Waals surface area contributed by atoms with Gasteiger partial charge < -0.3 is 10.6 Å². The van der Waals surface area contributed by atoms with Crippen molar-refractivity contribution in [2.24, 2.45) is 0 Å². The summed E-state index contributed by atoms with van der Waals surface area (Å²) in [5.74, 6) is -0.517. The Bertz CT molecular complexity index is 1050. The van der Waals surface area contributed by atoms with E-state index in [0.29, 0.717) is 33.9 Å². The van der Waals surface area contributed by atoms with E-state index < -0.39 is 0 Å². The lowest BCUT2D eigenvalue weighted by molar-refractivity contribution is -0.116. The Morgan fingerprint density at radius 3 is 2.28 bits per heavy atom. The first kappa shape index (κ1) is 20.1. The fourth-order valence-electron chi connectivity index (χ4n) is 2.74. The van der Waals surface area contributed by atoms with Crippen LogP contribution in [0.5, 0.6) is 0 Å². The van der Waals surface area contributed by atoms with Gasteiger partial charge in [-0.1, -0.05) is 35.9 Å². The number of nitrogens with zero attached hydrogens (tertiary/aromatic N) is 1. The number of halogens is 1. The minimum absolute atomic E-state index is 0.193. The van der Waals surface area contributed by atoms with Gasteiger partial charge >= 0.3 is 0 Å². The molecule has 0 aliphatic heterocycles. The summed E-state index contributed by atoms with van der Waals surface area (Å²) in [5, 5.41) is 15.0. The highest BCUT2D eigenvalue weighted by Crippen LogP contribution is 2.19. The van der Waals surface area contributed by atoms with E-state index in [-0.39, 0.29) is 18.2 Å². The van der Waals surface area contributed by atoms with Gasteiger partial charge in [0.25, 0.3) is 5.91 Å². The molecule has 5 nitrogen and oxygen atoms in total. The zero-order valence-corrected chi connectivity index (χ0v) is 16.2. The van der Waals surface area contributed by atoms with Gasteiger partial charge in [0.05, 0.1) is 22.9 Å². The SMILES string of the molecule is N#Cc1ccc(CCC(=O)Nc2ccccc2C(=O)Nc2ccc(Cl)cc2)cc1. The van der Waals surface area contributed by atoms with Crippen LogP contribution >= 0.6 is 11.6 Å². The van der Waals surface area contributed by atoms with Crippen molar-refractivity contribution in [2.75, 3.05) is 10.6 Å². The van der Waals surface area contributed by atoms with Crippen LogP contribution in [-0.4, -0.2) is 11.8 Å². The minimum Gasteiger partial charge on any atom is -0.325 e. The van der Waals surface area contributed by atoms with E-state index in [4.69, 9.17) is 16.9 Å². The normalized spacial score (nSPS) is 10.1. The lowest BCUT2D eigenvalue weighted by Crippen LogP contribution is -2.18. The first-order valence-corrected chi connectivity index (χ1v) is 9.38. The van der Waals surface area contributed by atoms with Gasteiger partial charge in [-0.15, -0.1) is 0 Å². The average molecular weight is 404 g/mol. The summed E-state index contributed by atoms with van der Waals surface area (Å²) in [5.41, 5.74) is 2.98. The maximum absolute atomic E-state index is 12.6. The van der Waals surface area contributed by atoms with Gasteiger partial charge in [0.2, 0.25) is 5.91 Å². The van der Waals surface area contributed by atoms with Crippen molar-refractivity contribution in [3.8, 4) is 6.07 Å². The Labute approximate surface area is 173 Å². The van der Waals surface area contributed by atoms with E-state index in [1.165, 1.54) is 0 Å². The molecule has 6 heteroatoms. The largest absolute Gasteiger partial charge is 0.325 e. The molecule has 3 rings (SSSR count). The average Bonchev–Trinajstić information content (AvgIpc) is 2.74. The highest BCUT2D eigenvalue weighted by atomic mass is 35.5. The predicted molar refractivity (Wildman–Crippen MR) is 114 cm³/mol. The number of amides is 2. The van der Waals surface area contributed by atoms with Crippen LogP contribution in [-0.2, 0) is 11.2 Å². The van der Waals surface area contributed by atoms with Gasteiger partial charge in [-0.2, -0.15) is 5.26 Å². The molecule has 0 bridgehead atoms. The molecule has 0 aliphatic rings. The predicted octanol–water partition coefficient (Wildman–Crippen LogP) is 5.04. The Kier molecular flexibility index (Phi) is 6.62. The number of rotatable bonds is 6. The second-order valence-corrected chi connectivity index (χ2v) is 6.80. The molecule has 0 unspecified atom stereocenters. The van der Waals surface area contributed by atoms with Crippen molar-refractivity contribution in [1.29, 1.82) is 5.26 Å². The topological polar surface area (TPSA) is 82.0 Å². The monoisotopic (exact) mass is 403 g/mol. The van der Waals surface area contributed by atoms with Gasteiger partial charge in [-0.05, 0) is 60.5 Å². The number of benzene rings is 3. The molecule has 0 spiro atoms. The molecule has 0 atom stereocenters. The zero-order valence-electron chi connectivity index (χ0n) is 15.5. The van der Waals surface area contributed by atoms with Gasteiger partial charge in [-0.3, -0.25) is 9.59 Å². The van der Waals surface area contributed by atoms with E-state index in [1.54, 1.807) is 60.7 Å². The minimum atomic E-state index is -0.324. The summed E-state index contributed by atoms with van der Waals surface area (Å²) in [6, 6.07) is 22.8. The third kappa shape index (κ3) is 5.68. The Morgan fingerprint density at radius 2 is 1.59 bits per heavy atom. The van der Waals surface area contributed by atoms with Gasteiger partial charge in [-0.25, -0.2) is 0 Å². The second-order valence-electron chi connectivity index (χ2n) is 6.36. The molecule has 0 saturated carbocycles. The van der Waals surface area contributed by atoms with E-state index >= 15 is 0 Å². The molecular weight excluding hydrogens is 386 g/mol. The van der Waals surface area contributed by atoms with Crippen LogP contribution in [0, 0.1) is 11.3 Å². The molecule has 3 aromatic rings. The van der Waals surface area contributed by atoms with Crippen molar-refractivity contribution >= 4 is 34.8 Å². The molecule has 144 valence electrons. The number of aryl methyl sites for hydroxylation is 1. The highest BCUT2D eigenvalue weighted by Gasteiger charge is 2.13. The molecule has 0 heterocycles. The molecule has 3 aromatic carbocycles. The van der Waals surface area contributed by atoms with Gasteiger partial charge in [0, 0.05) is 17.1 Å². The molecule has 0 aromatic heterocycles. The molecule has 0 fully saturated rings. The van der Waals surface area contributed by atoms with Crippen LogP contribution in [0.25, 0.3) is 0 Å². The number of carbonyl (C=O) groups excluding carboxylic acids is 2. The van der Waals surface area contributed by atoms with Crippen molar-refractivity contribution in [2.45, 2.75) is 12.8 Å². The van der Waals surface area contributed by atoms with Crippen LogP contribution < -0.4 is 10.6 Å². The molecule has 0 saturated heterocycles. The van der Waals surface area contributed by atoms with Crippen LogP contribution in [0.15, 0.2) is 72.8 Å². The molecule has 29 heavy (non-hydrogen) atoms. The second kappa shape index (κ2) is 9.54. The Hall–Kier alpha value is -3.62. The van der Waals surface area contributed by atoms with Crippen molar-refractivity contribution in [1.82, 2.24) is 0 Å². The zero-order chi connectivity index (χ0) is 20.6. The third-order valence-electron chi connectivity index (χ3n) is 4.27. The van der Waals surface area contributed by atoms with Crippen LogP contribution in [0.2, 0.25) is 5.02 Å². The quantitative estimate of drug-likeness (QED) is 0.605. The smallest absolute Gasteiger partial charge is 0.257 e. The number of carbonyl (C=O) groups is 2. The molecule has 0 radical (unpaired) electrons. The summed E-state index contributed by atoms with van der Waals surface area (Å²) in [6.07, 6.45) is 0.801. The molecular formula is C23H18ClN3O2. The Balaban J connectivity index is 1.63. The van der Waals surface area contributed by atoms with E-state index in [0.717, 1.165) is 5.56 Å². The maximum atomic E-state index is 12.6. The molecule has 2 N–H and O–H groups in total. The van der Waals surface area contributed by atoms with E-state index in [1.807, 2.05) is 12.1 Å². The van der Waals surface area contributed by atoms with Crippen LogP contribution in [0.3, 0.4) is 0 Å². The highest BCUT2D eigenvalue weighted by molar-refractivity contribution is 6.30. The number of anilines is 2. The van der Waals surface area contributed by atoms with E-state index in [2.05, 4.69) is 16.7 Å². The van der Waals surface area contributed by atoms with Crippen molar-refractivity contribution < 1.29 is 9.59 Å². The number of para-hydroxylation sites is 1. The third-order valence-corrected chi connectivity index (χ3v) is 4.52. The molecule has 2 amide bonds. The number of hydrogen-bond acceptors (Lipinski definition) is 3. The number of hydrogen-bond donors (Lipinski definition) is 2. The van der Waals surface area contributed by atoms with Crippen molar-refractivity contribution in [3.63, 3.8) is 0 Å². The van der Waals surface area contributed by atoms with Crippen LogP contribution in [0.1, 0.15) is 27.9 Å². The van der Waals surface area contributed by atoms with Crippen LogP contribution in [0.4, 0.5) is 11.4 Å². The summed E-state index contributed by atoms with van der Waals surface area (Å²) >= 11 is 5.86. The molecule has 0 aliphatic carbocycles. The lowest BCUT2D eigenvalue weighted by atomic mass is 10.1. The van der Waals surface area contributed by atoms with Gasteiger partial charge in [0.1, 0.15) is 0 Å². The Morgan fingerprint density at radius 1 is 0.897 bits per heavy atom. The van der Waals surface area contributed by atoms with Crippen molar-refractivity contribution in [3.05, 3.63) is 94.5 Å².